The van der Waals surface area contributed by atoms with E-state index in [2.05, 4.69) is 5.32 Å². The van der Waals surface area contributed by atoms with Gasteiger partial charge in [0.25, 0.3) is 0 Å². The molecule has 0 heterocycles. The molecule has 0 aliphatic carbocycles. The highest BCUT2D eigenvalue weighted by Crippen LogP contribution is 1.95. The van der Waals surface area contributed by atoms with Crippen molar-refractivity contribution in [2.45, 2.75) is 40.0 Å². The van der Waals surface area contributed by atoms with Gasteiger partial charge in [0.1, 0.15) is 0 Å². The number of aliphatic carboxylic acids is 1. The van der Waals surface area contributed by atoms with Gasteiger partial charge < -0.3 is 39.8 Å². The predicted molar refractivity (Wildman–Crippen MR) is 116 cm³/mol. The highest BCUT2D eigenvalue weighted by Gasteiger charge is 1.96. The highest BCUT2D eigenvalue weighted by molar-refractivity contribution is 5.66. The minimum Gasteiger partial charge on any atom is -0.481 e. The lowest BCUT2D eigenvalue weighted by molar-refractivity contribution is -0.137. The number of nitrogens with two attached hydrogens (primary N) is 1. The number of hydrogen-bond donors (Lipinski definition) is 3. The van der Waals surface area contributed by atoms with Crippen LogP contribution in [0.4, 0.5) is 0 Å². The molecule has 0 amide bonds. The second-order valence-electron chi connectivity index (χ2n) is 5.39. The van der Waals surface area contributed by atoms with Crippen LogP contribution in [0, 0.1) is 0 Å². The number of carboxylic acids is 1. The maximum atomic E-state index is 10.1. The molecule has 0 aliphatic rings. The molecule has 0 bridgehead atoms. The van der Waals surface area contributed by atoms with E-state index in [0.29, 0.717) is 72.4 Å². The maximum Gasteiger partial charge on any atom is 0.303 e. The van der Waals surface area contributed by atoms with E-state index < -0.39 is 5.97 Å². The van der Waals surface area contributed by atoms with Crippen molar-refractivity contribution in [1.29, 1.82) is 0 Å². The van der Waals surface area contributed by atoms with Gasteiger partial charge in [-0.2, -0.15) is 0 Å². The zero-order valence-electron chi connectivity index (χ0n) is 19.1. The van der Waals surface area contributed by atoms with Crippen LogP contribution in [-0.2, 0) is 28.5 Å². The Morgan fingerprint density at radius 1 is 0.793 bits per heavy atom. The standard InChI is InChI=1S/C9H22N2O3.C9H18O4.C2H6/c1-11-3-5-13-7-9-14-8-6-12-4-2-10;1-2-12-7-8-13-6-4-3-5-9(10)11;1-2/h11H,2-10H2,1H3;2-8H2,1H3,(H,10,11);1-2H3. The Balaban J connectivity index is -0.000000430. The monoisotopic (exact) mass is 426 g/mol. The second kappa shape index (κ2) is 34.7. The lowest BCUT2D eigenvalue weighted by atomic mass is 10.2. The van der Waals surface area contributed by atoms with Crippen LogP contribution >= 0.6 is 0 Å². The molecular formula is C20H46N2O7. The molecule has 0 aliphatic heterocycles. The first-order valence-corrected chi connectivity index (χ1v) is 10.6. The van der Waals surface area contributed by atoms with Crippen molar-refractivity contribution in [2.24, 2.45) is 5.73 Å². The molecule has 0 saturated carbocycles. The van der Waals surface area contributed by atoms with E-state index in [0.717, 1.165) is 19.6 Å². The van der Waals surface area contributed by atoms with Gasteiger partial charge in [0, 0.05) is 32.7 Å². The number of carbonyl (C=O) groups is 1. The van der Waals surface area contributed by atoms with Gasteiger partial charge in [-0.1, -0.05) is 13.8 Å². The van der Waals surface area contributed by atoms with Crippen LogP contribution in [0.5, 0.6) is 0 Å². The average molecular weight is 427 g/mol. The predicted octanol–water partition coefficient (Wildman–Crippen LogP) is 1.53. The highest BCUT2D eigenvalue weighted by atomic mass is 16.5. The molecule has 178 valence electrons. The molecule has 0 aromatic rings. The first-order chi connectivity index (χ1) is 14.2. The molecule has 0 rings (SSSR count). The smallest absolute Gasteiger partial charge is 0.303 e. The Morgan fingerprint density at radius 2 is 1.28 bits per heavy atom. The molecule has 9 nitrogen and oxygen atoms in total. The average Bonchev–Trinajstić information content (AvgIpc) is 2.73. The fourth-order valence-electron chi connectivity index (χ4n) is 1.64. The number of hydrogen-bond acceptors (Lipinski definition) is 8. The van der Waals surface area contributed by atoms with Crippen LogP contribution in [0.3, 0.4) is 0 Å². The second-order valence-corrected chi connectivity index (χ2v) is 5.39. The van der Waals surface area contributed by atoms with E-state index in [1.54, 1.807) is 0 Å². The van der Waals surface area contributed by atoms with Crippen molar-refractivity contribution >= 4 is 5.97 Å². The first kappa shape index (κ1) is 32.8. The van der Waals surface area contributed by atoms with Crippen LogP contribution in [0.1, 0.15) is 40.0 Å². The van der Waals surface area contributed by atoms with E-state index >= 15 is 0 Å². The minimum atomic E-state index is -0.741. The first-order valence-electron chi connectivity index (χ1n) is 10.6. The van der Waals surface area contributed by atoms with Crippen molar-refractivity contribution in [3.05, 3.63) is 0 Å². The molecule has 0 radical (unpaired) electrons. The summed E-state index contributed by atoms with van der Waals surface area (Å²) >= 11 is 0. The SMILES string of the molecule is CC.CCOCCOCCCCC(=O)O.CNCCOCCOCCOCCN. The van der Waals surface area contributed by atoms with E-state index in [1.165, 1.54) is 0 Å². The molecular weight excluding hydrogens is 380 g/mol. The van der Waals surface area contributed by atoms with Gasteiger partial charge in [-0.15, -0.1) is 0 Å². The van der Waals surface area contributed by atoms with Crippen molar-refractivity contribution in [3.63, 3.8) is 0 Å². The normalized spacial score (nSPS) is 9.97. The lowest BCUT2D eigenvalue weighted by Gasteiger charge is -2.05. The summed E-state index contributed by atoms with van der Waals surface area (Å²) in [6.45, 7) is 13.7. The summed E-state index contributed by atoms with van der Waals surface area (Å²) in [5, 5.41) is 11.3. The number of rotatable bonds is 20. The van der Waals surface area contributed by atoms with Crippen molar-refractivity contribution < 1.29 is 33.6 Å². The van der Waals surface area contributed by atoms with E-state index in [1.807, 2.05) is 27.8 Å². The van der Waals surface area contributed by atoms with Gasteiger partial charge in [-0.25, -0.2) is 0 Å². The van der Waals surface area contributed by atoms with Crippen molar-refractivity contribution in [3.8, 4) is 0 Å². The molecule has 4 N–H and O–H groups in total. The summed E-state index contributed by atoms with van der Waals surface area (Å²) in [5.74, 6) is -0.741. The topological polar surface area (TPSA) is 122 Å². The molecule has 0 spiro atoms. The van der Waals surface area contributed by atoms with E-state index in [-0.39, 0.29) is 6.42 Å². The summed E-state index contributed by atoms with van der Waals surface area (Å²) in [5.41, 5.74) is 5.25. The molecule has 0 atom stereocenters. The van der Waals surface area contributed by atoms with Crippen LogP contribution in [0.2, 0.25) is 0 Å². The molecule has 0 fully saturated rings. The summed E-state index contributed by atoms with van der Waals surface area (Å²) < 4.78 is 25.9. The third kappa shape index (κ3) is 42.3. The van der Waals surface area contributed by atoms with Crippen LogP contribution in [0.25, 0.3) is 0 Å². The number of ether oxygens (including phenoxy) is 5. The minimum absolute atomic E-state index is 0.231. The quantitative estimate of drug-likeness (QED) is 0.249. The third-order valence-electron chi connectivity index (χ3n) is 3.01. The van der Waals surface area contributed by atoms with Gasteiger partial charge in [0.15, 0.2) is 0 Å². The summed E-state index contributed by atoms with van der Waals surface area (Å²) in [7, 11) is 1.90. The van der Waals surface area contributed by atoms with Gasteiger partial charge in [-0.3, -0.25) is 4.79 Å². The van der Waals surface area contributed by atoms with Gasteiger partial charge in [0.05, 0.1) is 52.9 Å². The van der Waals surface area contributed by atoms with Crippen LogP contribution < -0.4 is 11.1 Å². The Bertz CT molecular complexity index is 274. The molecule has 0 unspecified atom stereocenters. The molecule has 0 saturated heterocycles. The van der Waals surface area contributed by atoms with Gasteiger partial charge in [0.2, 0.25) is 0 Å². The number of carboxylic acid groups (broad SMARTS) is 1. The lowest BCUT2D eigenvalue weighted by Crippen LogP contribution is -2.17. The number of likely N-dealkylation sites (N-methyl/N-ethyl adjacent to an activating group) is 1. The van der Waals surface area contributed by atoms with Crippen LogP contribution in [-0.4, -0.2) is 97.3 Å². The Labute approximate surface area is 177 Å². The summed E-state index contributed by atoms with van der Waals surface area (Å²) in [6.07, 6.45) is 1.72. The van der Waals surface area contributed by atoms with E-state index in [4.69, 9.17) is 34.5 Å². The number of nitrogens with one attached hydrogen (secondary N) is 1. The third-order valence-corrected chi connectivity index (χ3v) is 3.01. The van der Waals surface area contributed by atoms with Crippen LogP contribution in [0.15, 0.2) is 0 Å². The van der Waals surface area contributed by atoms with Crippen molar-refractivity contribution in [2.75, 3.05) is 86.2 Å². The summed E-state index contributed by atoms with van der Waals surface area (Å²) in [4.78, 5) is 10.1. The number of unbranched alkanes of at least 4 members (excludes halogenated alkanes) is 1. The molecule has 0 aromatic carbocycles. The Morgan fingerprint density at radius 3 is 1.76 bits per heavy atom. The van der Waals surface area contributed by atoms with Gasteiger partial charge in [-0.05, 0) is 26.8 Å². The van der Waals surface area contributed by atoms with Gasteiger partial charge >= 0.3 is 5.97 Å². The largest absolute Gasteiger partial charge is 0.481 e. The zero-order valence-corrected chi connectivity index (χ0v) is 19.1. The van der Waals surface area contributed by atoms with E-state index in [9.17, 15) is 4.79 Å². The molecule has 29 heavy (non-hydrogen) atoms. The van der Waals surface area contributed by atoms with Crippen molar-refractivity contribution in [1.82, 2.24) is 5.32 Å². The fraction of sp³-hybridized carbons (Fsp3) is 0.950. The summed E-state index contributed by atoms with van der Waals surface area (Å²) in [6, 6.07) is 0. The zero-order chi connectivity index (χ0) is 22.4. The molecule has 9 heteroatoms. The maximum absolute atomic E-state index is 10.1. The Hall–Kier alpha value is -0.810. The fourth-order valence-corrected chi connectivity index (χ4v) is 1.64. The Kier molecular flexibility index (Phi) is 39.3. The molecule has 0 aromatic heterocycles.